The van der Waals surface area contributed by atoms with Crippen molar-refractivity contribution in [3.8, 4) is 11.1 Å². The Morgan fingerprint density at radius 2 is 1.43 bits per heavy atom. The monoisotopic (exact) mass is 371 g/mol. The third-order valence-electron chi connectivity index (χ3n) is 5.81. The van der Waals surface area contributed by atoms with E-state index in [9.17, 15) is 9.90 Å². The molecular weight excluding hydrogens is 350 g/mol. The SMILES string of the molecule is O=C(OCC1c2ccccc2-c2ccccc21)N1CC(O)(c2ccccc2)C1. The van der Waals surface area contributed by atoms with E-state index in [0.717, 1.165) is 5.56 Å². The van der Waals surface area contributed by atoms with Gasteiger partial charge in [0, 0.05) is 5.92 Å². The van der Waals surface area contributed by atoms with Crippen LogP contribution in [0.5, 0.6) is 0 Å². The molecule has 1 N–H and O–H groups in total. The number of amides is 1. The maximum atomic E-state index is 12.5. The fourth-order valence-electron chi connectivity index (χ4n) is 4.33. The average Bonchev–Trinajstić information content (AvgIpc) is 3.04. The summed E-state index contributed by atoms with van der Waals surface area (Å²) >= 11 is 0. The lowest BCUT2D eigenvalue weighted by Crippen LogP contribution is -2.61. The lowest BCUT2D eigenvalue weighted by atomic mass is 9.86. The van der Waals surface area contributed by atoms with Crippen LogP contribution in [0.4, 0.5) is 4.79 Å². The Hall–Kier alpha value is -3.11. The Labute approximate surface area is 164 Å². The Morgan fingerprint density at radius 3 is 2.04 bits per heavy atom. The van der Waals surface area contributed by atoms with E-state index in [0.29, 0.717) is 6.61 Å². The van der Waals surface area contributed by atoms with Crippen molar-refractivity contribution in [3.63, 3.8) is 0 Å². The van der Waals surface area contributed by atoms with E-state index in [1.807, 2.05) is 54.6 Å². The van der Waals surface area contributed by atoms with E-state index < -0.39 is 5.60 Å². The predicted octanol–water partition coefficient (Wildman–Crippen LogP) is 4.14. The number of hydrogen-bond acceptors (Lipinski definition) is 3. The number of rotatable bonds is 3. The number of aliphatic hydroxyl groups is 1. The molecule has 1 aliphatic carbocycles. The van der Waals surface area contributed by atoms with Gasteiger partial charge < -0.3 is 14.7 Å². The minimum atomic E-state index is -0.979. The number of carbonyl (C=O) groups is 1. The highest BCUT2D eigenvalue weighted by Crippen LogP contribution is 2.44. The Bertz CT molecular complexity index is 979. The van der Waals surface area contributed by atoms with E-state index in [4.69, 9.17) is 4.74 Å². The number of fused-ring (bicyclic) bond motifs is 3. The van der Waals surface area contributed by atoms with Gasteiger partial charge in [0.2, 0.25) is 0 Å². The van der Waals surface area contributed by atoms with Gasteiger partial charge >= 0.3 is 6.09 Å². The van der Waals surface area contributed by atoms with Gasteiger partial charge in [-0.1, -0.05) is 78.9 Å². The number of nitrogens with zero attached hydrogens (tertiary/aromatic N) is 1. The summed E-state index contributed by atoms with van der Waals surface area (Å²) in [7, 11) is 0. The molecule has 140 valence electrons. The number of carbonyl (C=O) groups excluding carboxylic acids is 1. The lowest BCUT2D eigenvalue weighted by molar-refractivity contribution is -0.0942. The molecule has 5 rings (SSSR count). The molecule has 4 nitrogen and oxygen atoms in total. The first-order valence-electron chi connectivity index (χ1n) is 9.53. The topological polar surface area (TPSA) is 49.8 Å². The molecule has 1 amide bonds. The maximum absolute atomic E-state index is 12.5. The van der Waals surface area contributed by atoms with Crippen LogP contribution >= 0.6 is 0 Å². The molecule has 0 aromatic heterocycles. The number of ether oxygens (including phenoxy) is 1. The molecule has 4 heteroatoms. The van der Waals surface area contributed by atoms with E-state index >= 15 is 0 Å². The zero-order valence-electron chi connectivity index (χ0n) is 15.4. The summed E-state index contributed by atoms with van der Waals surface area (Å²) in [5.74, 6) is 0.0469. The normalized spacial score (nSPS) is 16.8. The van der Waals surface area contributed by atoms with Gasteiger partial charge in [-0.3, -0.25) is 0 Å². The van der Waals surface area contributed by atoms with Crippen molar-refractivity contribution in [2.24, 2.45) is 0 Å². The smallest absolute Gasteiger partial charge is 0.410 e. The maximum Gasteiger partial charge on any atom is 0.410 e. The van der Waals surface area contributed by atoms with Crippen LogP contribution in [0.3, 0.4) is 0 Å². The van der Waals surface area contributed by atoms with Gasteiger partial charge in [-0.25, -0.2) is 4.79 Å². The van der Waals surface area contributed by atoms with Gasteiger partial charge in [0.1, 0.15) is 12.2 Å². The molecule has 0 radical (unpaired) electrons. The first-order valence-corrected chi connectivity index (χ1v) is 9.53. The molecule has 3 aromatic rings. The Morgan fingerprint density at radius 1 is 0.893 bits per heavy atom. The molecule has 1 aliphatic heterocycles. The summed E-state index contributed by atoms with van der Waals surface area (Å²) < 4.78 is 5.65. The highest BCUT2D eigenvalue weighted by molar-refractivity contribution is 5.79. The van der Waals surface area contributed by atoms with Gasteiger partial charge in [-0.05, 0) is 27.8 Å². The van der Waals surface area contributed by atoms with Crippen LogP contribution in [-0.4, -0.2) is 35.8 Å². The van der Waals surface area contributed by atoms with Crippen molar-refractivity contribution >= 4 is 6.09 Å². The van der Waals surface area contributed by atoms with Crippen LogP contribution in [0.1, 0.15) is 22.6 Å². The second-order valence-corrected chi connectivity index (χ2v) is 7.56. The number of likely N-dealkylation sites (tertiary alicyclic amines) is 1. The van der Waals surface area contributed by atoms with Crippen molar-refractivity contribution in [3.05, 3.63) is 95.6 Å². The van der Waals surface area contributed by atoms with Crippen LogP contribution in [0.25, 0.3) is 11.1 Å². The molecule has 1 heterocycles. The van der Waals surface area contributed by atoms with E-state index in [1.165, 1.54) is 22.3 Å². The van der Waals surface area contributed by atoms with Crippen LogP contribution in [0.2, 0.25) is 0 Å². The van der Waals surface area contributed by atoms with Gasteiger partial charge in [-0.15, -0.1) is 0 Å². The molecule has 0 saturated carbocycles. The highest BCUT2D eigenvalue weighted by Gasteiger charge is 2.45. The van der Waals surface area contributed by atoms with E-state index in [1.54, 1.807) is 4.90 Å². The molecule has 0 atom stereocenters. The summed E-state index contributed by atoms with van der Waals surface area (Å²) in [4.78, 5) is 14.1. The highest BCUT2D eigenvalue weighted by atomic mass is 16.6. The van der Waals surface area contributed by atoms with E-state index in [2.05, 4.69) is 24.3 Å². The van der Waals surface area contributed by atoms with Gasteiger partial charge in [0.05, 0.1) is 13.1 Å². The fourth-order valence-corrected chi connectivity index (χ4v) is 4.33. The minimum Gasteiger partial charge on any atom is -0.448 e. The van der Waals surface area contributed by atoms with Crippen molar-refractivity contribution in [1.82, 2.24) is 4.90 Å². The number of benzene rings is 3. The molecule has 0 bridgehead atoms. The molecule has 0 spiro atoms. The largest absolute Gasteiger partial charge is 0.448 e. The van der Waals surface area contributed by atoms with E-state index in [-0.39, 0.29) is 25.1 Å². The summed E-state index contributed by atoms with van der Waals surface area (Å²) in [6, 6.07) is 26.0. The van der Waals surface area contributed by atoms with Crippen molar-refractivity contribution in [2.75, 3.05) is 19.7 Å². The van der Waals surface area contributed by atoms with Crippen LogP contribution in [-0.2, 0) is 10.3 Å². The standard InChI is InChI=1S/C24H21NO3/c26-23(25-15-24(27,16-25)17-8-2-1-3-9-17)28-14-22-20-12-6-4-10-18(20)19-11-5-7-13-21(19)22/h1-13,22,27H,14-16H2. The van der Waals surface area contributed by atoms with Gasteiger partial charge in [-0.2, -0.15) is 0 Å². The zero-order chi connectivity index (χ0) is 19.1. The van der Waals surface area contributed by atoms with Crippen molar-refractivity contribution in [1.29, 1.82) is 0 Å². The predicted molar refractivity (Wildman–Crippen MR) is 107 cm³/mol. The summed E-state index contributed by atoms with van der Waals surface area (Å²) in [6.07, 6.45) is -0.373. The van der Waals surface area contributed by atoms with Crippen molar-refractivity contribution < 1.29 is 14.6 Å². The first-order chi connectivity index (χ1) is 13.7. The van der Waals surface area contributed by atoms with Crippen LogP contribution in [0.15, 0.2) is 78.9 Å². The third-order valence-corrected chi connectivity index (χ3v) is 5.81. The molecule has 1 saturated heterocycles. The summed E-state index contributed by atoms with van der Waals surface area (Å²) in [5.41, 5.74) is 4.66. The molecule has 3 aromatic carbocycles. The zero-order valence-corrected chi connectivity index (χ0v) is 15.4. The third kappa shape index (κ3) is 2.69. The van der Waals surface area contributed by atoms with Crippen LogP contribution < -0.4 is 0 Å². The average molecular weight is 371 g/mol. The minimum absolute atomic E-state index is 0.0469. The molecule has 2 aliphatic rings. The van der Waals surface area contributed by atoms with Crippen LogP contribution in [0, 0.1) is 0 Å². The number of β-amino-alcohol motifs (C(OH)–C–C–N with tert-alkyl or cyclic N) is 1. The quantitative estimate of drug-likeness (QED) is 0.753. The molecule has 1 fully saturated rings. The van der Waals surface area contributed by atoms with Gasteiger partial charge in [0.15, 0.2) is 0 Å². The second kappa shape index (κ2) is 6.50. The second-order valence-electron chi connectivity index (χ2n) is 7.56. The molecular formula is C24H21NO3. The first kappa shape index (κ1) is 17.0. The summed E-state index contributed by atoms with van der Waals surface area (Å²) in [5, 5.41) is 10.7. The van der Waals surface area contributed by atoms with Gasteiger partial charge in [0.25, 0.3) is 0 Å². The lowest BCUT2D eigenvalue weighted by Gasteiger charge is -2.45. The number of hydrogen-bond donors (Lipinski definition) is 1. The molecule has 28 heavy (non-hydrogen) atoms. The van der Waals surface area contributed by atoms with Crippen molar-refractivity contribution in [2.45, 2.75) is 11.5 Å². The Balaban J connectivity index is 1.27. The molecule has 0 unspecified atom stereocenters. The Kier molecular flexibility index (Phi) is 3.95. The fraction of sp³-hybridized carbons (Fsp3) is 0.208. The summed E-state index contributed by atoms with van der Waals surface area (Å²) in [6.45, 7) is 0.814.